The third-order valence-corrected chi connectivity index (χ3v) is 0.254. The predicted molar refractivity (Wildman–Crippen MR) is 46.9 cm³/mol. The first-order chi connectivity index (χ1) is 5.91. The molecule has 0 unspecified atom stereocenters. The number of nitriles is 2. The van der Waals surface area contributed by atoms with E-state index in [4.69, 9.17) is 46.4 Å². The molecule has 0 aromatic heterocycles. The summed E-state index contributed by atoms with van der Waals surface area (Å²) in [6.07, 6.45) is 0. The fourth-order valence-corrected chi connectivity index (χ4v) is 0. The van der Waals surface area contributed by atoms with Gasteiger partial charge in [0.1, 0.15) is 0 Å². The zero-order valence-corrected chi connectivity index (χ0v) is 11.3. The van der Waals surface area contributed by atoms with E-state index in [-0.39, 0.29) is 37.6 Å². The third-order valence-electron chi connectivity index (χ3n) is 0.0845. The van der Waals surface area contributed by atoms with Crippen molar-refractivity contribution in [2.45, 2.75) is 0 Å². The van der Waals surface area contributed by atoms with Crippen LogP contribution < -0.4 is 29.6 Å². The van der Waals surface area contributed by atoms with Crippen molar-refractivity contribution in [2.75, 3.05) is 12.5 Å². The third kappa shape index (κ3) is 945. The van der Waals surface area contributed by atoms with Gasteiger partial charge in [-0.1, -0.05) is 0 Å². The van der Waals surface area contributed by atoms with E-state index in [9.17, 15) is 0 Å². The normalized spacial score (nSPS) is 6.71. The summed E-state index contributed by atoms with van der Waals surface area (Å²) in [5.41, 5.74) is 0. The molecule has 0 rings (SSSR count). The van der Waals surface area contributed by atoms with E-state index in [0.717, 1.165) is 0 Å². The summed E-state index contributed by atoms with van der Waals surface area (Å²) in [5, 5.41) is 20.7. The van der Waals surface area contributed by atoms with Crippen LogP contribution in [0.5, 0.6) is 0 Å². The van der Waals surface area contributed by atoms with Crippen LogP contribution in [0.1, 0.15) is 1.43 Å². The van der Waals surface area contributed by atoms with Gasteiger partial charge in [0.2, 0.25) is 0 Å². The Morgan fingerprint density at radius 3 is 1.14 bits per heavy atom. The Hall–Kier alpha value is 0.287. The summed E-state index contributed by atoms with van der Waals surface area (Å²) in [6, 6.07) is 0. The number of hydrogen-bond donors (Lipinski definition) is 5. The van der Waals surface area contributed by atoms with Gasteiger partial charge in [-0.25, -0.2) is 10.5 Å². The average Bonchev–Trinajstić information content (AvgIpc) is 2.08. The molecule has 0 aromatic carbocycles. The smallest absolute Gasteiger partial charge is 1.00 e. The molecule has 10 heteroatoms. The van der Waals surface area contributed by atoms with E-state index in [1.165, 1.54) is 0 Å². The average molecular weight is 255 g/mol. The Balaban J connectivity index is -0.0000000186. The maximum absolute atomic E-state index is 7.74. The van der Waals surface area contributed by atoms with Gasteiger partial charge in [0.05, 0.1) is 6.61 Å². The first-order valence-corrected chi connectivity index (χ1v) is 4.82. The van der Waals surface area contributed by atoms with Crippen LogP contribution in [-0.4, -0.2) is 45.8 Å². The van der Waals surface area contributed by atoms with Crippen molar-refractivity contribution in [2.24, 2.45) is 0 Å². The molecular formula is C4H12ClN2NaO5Si. The summed E-state index contributed by atoms with van der Waals surface area (Å²) >= 11 is 4.94. The first-order valence-electron chi connectivity index (χ1n) is 2.49. The molecule has 5 N–H and O–H groups in total. The van der Waals surface area contributed by atoms with Gasteiger partial charge in [-0.05, 0) is 0 Å². The molecule has 0 saturated heterocycles. The van der Waals surface area contributed by atoms with E-state index in [0.29, 0.717) is 5.88 Å². The van der Waals surface area contributed by atoms with Gasteiger partial charge in [-0.3, -0.25) is 0 Å². The maximum Gasteiger partial charge on any atom is 1.00 e. The van der Waals surface area contributed by atoms with Crippen molar-refractivity contribution in [1.82, 2.24) is 0 Å². The monoisotopic (exact) mass is 254 g/mol. The summed E-state index contributed by atoms with van der Waals surface area (Å²) in [5.74, 6) is 0.347. The van der Waals surface area contributed by atoms with Crippen molar-refractivity contribution in [1.29, 1.82) is 10.5 Å². The molecule has 7 nitrogen and oxygen atoms in total. The first kappa shape index (κ1) is 29.2. The van der Waals surface area contributed by atoms with Crippen molar-refractivity contribution in [3.63, 3.8) is 0 Å². The molecule has 14 heavy (non-hydrogen) atoms. The van der Waals surface area contributed by atoms with Gasteiger partial charge in [0.25, 0.3) is 0 Å². The number of nitrogens with zero attached hydrogens (tertiary/aromatic N) is 2. The maximum atomic E-state index is 7.74. The molecule has 0 bridgehead atoms. The van der Waals surface area contributed by atoms with Gasteiger partial charge < -0.3 is 25.7 Å². The SMILES string of the molecule is C#N.C#N.OCCCl.O[Si](O)(O)O.[H-].[Na+]. The number of aliphatic hydroxyl groups excluding tert-OH is 1. The van der Waals surface area contributed by atoms with Crippen LogP contribution in [-0.2, 0) is 0 Å². The van der Waals surface area contributed by atoms with Crippen LogP contribution in [0, 0.1) is 23.7 Å². The van der Waals surface area contributed by atoms with E-state index in [1.807, 2.05) is 0 Å². The molecule has 0 aromatic rings. The van der Waals surface area contributed by atoms with E-state index >= 15 is 0 Å². The van der Waals surface area contributed by atoms with E-state index in [2.05, 4.69) is 13.1 Å². The Kier molecular flexibility index (Phi) is 61.0. The van der Waals surface area contributed by atoms with Gasteiger partial charge >= 0.3 is 38.6 Å². The standard InChI is InChI=1S/C2H5ClO.2CHN.Na.H4O4Si.H/c3-1-2-4;2*1-2;;1-5(2,3)4;/h4H,1-2H2;2*1H;;1-4H;/q;;;+1;;-1. The van der Waals surface area contributed by atoms with Crippen molar-refractivity contribution in [3.8, 4) is 13.1 Å². The molecule has 0 atom stereocenters. The minimum Gasteiger partial charge on any atom is -1.00 e. The van der Waals surface area contributed by atoms with Crippen molar-refractivity contribution >= 4 is 20.6 Å². The minimum absolute atomic E-state index is 0. The number of rotatable bonds is 1. The fourth-order valence-electron chi connectivity index (χ4n) is 0. The molecule has 80 valence electrons. The van der Waals surface area contributed by atoms with Crippen molar-refractivity contribution in [3.05, 3.63) is 0 Å². The molecule has 0 aliphatic carbocycles. The zero-order chi connectivity index (χ0) is 11.9. The topological polar surface area (TPSA) is 149 Å². The minimum atomic E-state index is -4.61. The Morgan fingerprint density at radius 1 is 1.07 bits per heavy atom. The van der Waals surface area contributed by atoms with Crippen molar-refractivity contribution < 1.29 is 55.3 Å². The number of alkyl halides is 1. The fraction of sp³-hybridized carbons (Fsp3) is 0.500. The second-order valence-electron chi connectivity index (χ2n) is 1.01. The predicted octanol–water partition coefficient (Wildman–Crippen LogP) is -5.00. The van der Waals surface area contributed by atoms with Gasteiger partial charge in [0.15, 0.2) is 0 Å². The Labute approximate surface area is 112 Å². The molecule has 0 spiro atoms. The van der Waals surface area contributed by atoms with Crippen LogP contribution in [0.15, 0.2) is 0 Å². The van der Waals surface area contributed by atoms with Crippen LogP contribution in [0.3, 0.4) is 0 Å². The van der Waals surface area contributed by atoms with E-state index < -0.39 is 9.05 Å². The summed E-state index contributed by atoms with van der Waals surface area (Å²) in [6.45, 7) is 7.08. The summed E-state index contributed by atoms with van der Waals surface area (Å²) < 4.78 is 0. The second kappa shape index (κ2) is 29.2. The summed E-state index contributed by atoms with van der Waals surface area (Å²) in [7, 11) is -4.61. The summed E-state index contributed by atoms with van der Waals surface area (Å²) in [4.78, 5) is 29.3. The number of aliphatic hydroxyl groups is 1. The van der Waals surface area contributed by atoms with Crippen LogP contribution >= 0.6 is 11.6 Å². The number of halogens is 1. The molecular weight excluding hydrogens is 243 g/mol. The van der Waals surface area contributed by atoms with Crippen LogP contribution in [0.4, 0.5) is 0 Å². The zero-order valence-electron chi connectivity index (χ0n) is 8.58. The van der Waals surface area contributed by atoms with E-state index in [1.54, 1.807) is 0 Å². The molecule has 0 amide bonds. The second-order valence-corrected chi connectivity index (χ2v) is 2.59. The molecule has 0 aliphatic rings. The van der Waals surface area contributed by atoms with Crippen LogP contribution in [0.2, 0.25) is 0 Å². The molecule has 0 radical (unpaired) electrons. The molecule has 0 fully saturated rings. The quantitative estimate of drug-likeness (QED) is 0.232. The van der Waals surface area contributed by atoms with Crippen LogP contribution in [0.25, 0.3) is 0 Å². The Morgan fingerprint density at radius 2 is 1.14 bits per heavy atom. The van der Waals surface area contributed by atoms with Gasteiger partial charge in [-0.15, -0.1) is 11.6 Å². The molecule has 0 heterocycles. The molecule has 0 saturated carbocycles. The Bertz CT molecular complexity index is 111. The van der Waals surface area contributed by atoms with Gasteiger partial charge in [0, 0.05) is 19.0 Å². The number of hydrogen-bond acceptors (Lipinski definition) is 7. The van der Waals surface area contributed by atoms with Gasteiger partial charge in [-0.2, -0.15) is 0 Å². The molecule has 0 aliphatic heterocycles. The largest absolute Gasteiger partial charge is 1.00 e.